The minimum absolute atomic E-state index is 0.0109. The van der Waals surface area contributed by atoms with Crippen molar-refractivity contribution in [2.75, 3.05) is 18.0 Å². The molecule has 0 spiro atoms. The Morgan fingerprint density at radius 2 is 1.50 bits per heavy atom. The van der Waals surface area contributed by atoms with Crippen LogP contribution < -0.4 is 10.2 Å². The Bertz CT molecular complexity index is 578. The van der Waals surface area contributed by atoms with Gasteiger partial charge in [0.05, 0.1) is 5.69 Å². The number of hydrogen-bond acceptors (Lipinski definition) is 2. The number of rotatable bonds is 9. The fraction of sp³-hybridized carbons (Fsp3) is 0.636. The highest BCUT2D eigenvalue weighted by atomic mass is 16.2. The summed E-state index contributed by atoms with van der Waals surface area (Å²) in [5, 5.41) is 3.00. The van der Waals surface area contributed by atoms with E-state index in [1.54, 1.807) is 6.92 Å². The highest BCUT2D eigenvalue weighted by molar-refractivity contribution is 5.93. The molecule has 0 aliphatic rings. The summed E-state index contributed by atoms with van der Waals surface area (Å²) < 4.78 is 0. The van der Waals surface area contributed by atoms with E-state index in [9.17, 15) is 9.59 Å². The number of benzene rings is 1. The molecule has 0 aliphatic heterocycles. The van der Waals surface area contributed by atoms with Crippen molar-refractivity contribution in [3.8, 4) is 0 Å². The second-order valence-corrected chi connectivity index (χ2v) is 7.57. The predicted molar refractivity (Wildman–Crippen MR) is 110 cm³/mol. The quantitative estimate of drug-likeness (QED) is 0.685. The molecule has 1 N–H and O–H groups in total. The number of carbonyl (C=O) groups excluding carboxylic acids is 2. The summed E-state index contributed by atoms with van der Waals surface area (Å²) >= 11 is 0. The summed E-state index contributed by atoms with van der Waals surface area (Å²) in [5.41, 5.74) is 3.37. The number of nitrogens with one attached hydrogen (secondary N) is 1. The molecular formula is C22H36N2O2. The molecule has 2 amide bonds. The van der Waals surface area contributed by atoms with Crippen molar-refractivity contribution in [2.45, 2.75) is 73.1 Å². The lowest BCUT2D eigenvalue weighted by Gasteiger charge is -2.29. The first-order valence-corrected chi connectivity index (χ1v) is 9.93. The van der Waals surface area contributed by atoms with E-state index in [0.29, 0.717) is 24.9 Å². The van der Waals surface area contributed by atoms with Crippen LogP contribution in [0.5, 0.6) is 0 Å². The van der Waals surface area contributed by atoms with Gasteiger partial charge in [0.15, 0.2) is 0 Å². The van der Waals surface area contributed by atoms with Crippen LogP contribution >= 0.6 is 0 Å². The van der Waals surface area contributed by atoms with E-state index in [1.165, 1.54) is 11.1 Å². The van der Waals surface area contributed by atoms with E-state index in [-0.39, 0.29) is 17.7 Å². The number of nitrogens with zero attached hydrogens (tertiary/aromatic N) is 1. The van der Waals surface area contributed by atoms with Gasteiger partial charge in [-0.2, -0.15) is 0 Å². The van der Waals surface area contributed by atoms with Crippen LogP contribution in [0.25, 0.3) is 0 Å². The van der Waals surface area contributed by atoms with Gasteiger partial charge in [-0.05, 0) is 35.8 Å². The second kappa shape index (κ2) is 10.3. The lowest BCUT2D eigenvalue weighted by atomic mass is 9.92. The van der Waals surface area contributed by atoms with Crippen LogP contribution in [0.2, 0.25) is 0 Å². The third-order valence-corrected chi connectivity index (χ3v) is 4.98. The zero-order valence-corrected chi connectivity index (χ0v) is 17.6. The maximum atomic E-state index is 12.4. The Morgan fingerprint density at radius 3 is 1.88 bits per heavy atom. The van der Waals surface area contributed by atoms with E-state index in [4.69, 9.17) is 0 Å². The summed E-state index contributed by atoms with van der Waals surface area (Å²) in [4.78, 5) is 26.5. The standard InChI is InChI=1S/C22H36N2O2/c1-8-18(9-2)22(26)23-13-14-24(17(7)25)21-19(15(3)4)11-10-12-20(21)16(5)6/h10-12,15-16,18H,8-9,13-14H2,1-7H3,(H,23,26). The molecule has 26 heavy (non-hydrogen) atoms. The van der Waals surface area contributed by atoms with Crippen LogP contribution in [0, 0.1) is 5.92 Å². The summed E-state index contributed by atoms with van der Waals surface area (Å²) in [5.74, 6) is 0.792. The number of anilines is 1. The van der Waals surface area contributed by atoms with Crippen LogP contribution in [0.1, 0.15) is 84.3 Å². The van der Waals surface area contributed by atoms with Gasteiger partial charge >= 0.3 is 0 Å². The second-order valence-electron chi connectivity index (χ2n) is 7.57. The molecule has 0 heterocycles. The molecule has 0 atom stereocenters. The van der Waals surface area contributed by atoms with Gasteiger partial charge in [0.25, 0.3) is 0 Å². The van der Waals surface area contributed by atoms with Gasteiger partial charge in [-0.25, -0.2) is 0 Å². The maximum absolute atomic E-state index is 12.4. The molecule has 0 saturated heterocycles. The zero-order chi connectivity index (χ0) is 19.9. The topological polar surface area (TPSA) is 49.4 Å². The molecule has 0 saturated carbocycles. The molecule has 0 fully saturated rings. The third kappa shape index (κ3) is 5.58. The Kier molecular flexibility index (Phi) is 8.83. The van der Waals surface area contributed by atoms with Gasteiger partial charge in [0.1, 0.15) is 0 Å². The molecule has 0 unspecified atom stereocenters. The van der Waals surface area contributed by atoms with Crippen molar-refractivity contribution in [3.63, 3.8) is 0 Å². The normalized spacial score (nSPS) is 11.3. The Hall–Kier alpha value is -1.84. The van der Waals surface area contributed by atoms with Gasteiger partial charge < -0.3 is 10.2 Å². The lowest BCUT2D eigenvalue weighted by Crippen LogP contribution is -2.40. The van der Waals surface area contributed by atoms with E-state index in [0.717, 1.165) is 18.5 Å². The van der Waals surface area contributed by atoms with Crippen LogP contribution in [0.15, 0.2) is 18.2 Å². The largest absolute Gasteiger partial charge is 0.354 e. The fourth-order valence-corrected chi connectivity index (χ4v) is 3.34. The van der Waals surface area contributed by atoms with E-state index in [1.807, 2.05) is 18.7 Å². The van der Waals surface area contributed by atoms with E-state index in [2.05, 4.69) is 51.2 Å². The van der Waals surface area contributed by atoms with E-state index >= 15 is 0 Å². The van der Waals surface area contributed by atoms with Crippen LogP contribution in [0.3, 0.4) is 0 Å². The third-order valence-electron chi connectivity index (χ3n) is 4.98. The molecule has 4 nitrogen and oxygen atoms in total. The first-order valence-electron chi connectivity index (χ1n) is 9.93. The number of para-hydroxylation sites is 1. The van der Waals surface area contributed by atoms with Crippen molar-refractivity contribution in [1.29, 1.82) is 0 Å². The van der Waals surface area contributed by atoms with Gasteiger partial charge in [0, 0.05) is 25.9 Å². The smallest absolute Gasteiger partial charge is 0.223 e. The minimum Gasteiger partial charge on any atom is -0.354 e. The first-order chi connectivity index (χ1) is 12.2. The molecule has 0 aliphatic carbocycles. The van der Waals surface area contributed by atoms with E-state index < -0.39 is 0 Å². The van der Waals surface area contributed by atoms with Crippen molar-refractivity contribution in [1.82, 2.24) is 5.32 Å². The molecule has 1 aromatic rings. The summed E-state index contributed by atoms with van der Waals surface area (Å²) in [6.45, 7) is 15.2. The molecule has 0 radical (unpaired) electrons. The van der Waals surface area contributed by atoms with Crippen molar-refractivity contribution in [3.05, 3.63) is 29.3 Å². The zero-order valence-electron chi connectivity index (χ0n) is 17.6. The number of amides is 2. The summed E-state index contributed by atoms with van der Waals surface area (Å²) in [6, 6.07) is 6.27. The number of carbonyl (C=O) groups is 2. The number of hydrogen-bond donors (Lipinski definition) is 1. The highest BCUT2D eigenvalue weighted by Gasteiger charge is 2.22. The van der Waals surface area contributed by atoms with Gasteiger partial charge in [0.2, 0.25) is 11.8 Å². The Balaban J connectivity index is 3.07. The molecule has 1 rings (SSSR count). The predicted octanol–water partition coefficient (Wildman–Crippen LogP) is 4.84. The van der Waals surface area contributed by atoms with Crippen molar-refractivity contribution in [2.24, 2.45) is 5.92 Å². The Morgan fingerprint density at radius 1 is 1.00 bits per heavy atom. The molecule has 4 heteroatoms. The molecule has 0 aromatic heterocycles. The molecular weight excluding hydrogens is 324 g/mol. The minimum atomic E-state index is 0.0109. The van der Waals surface area contributed by atoms with Crippen molar-refractivity contribution < 1.29 is 9.59 Å². The monoisotopic (exact) mass is 360 g/mol. The fourth-order valence-electron chi connectivity index (χ4n) is 3.34. The molecule has 0 bridgehead atoms. The average molecular weight is 361 g/mol. The summed E-state index contributed by atoms with van der Waals surface area (Å²) in [6.07, 6.45) is 1.68. The highest BCUT2D eigenvalue weighted by Crippen LogP contribution is 2.35. The Labute approximate surface area is 159 Å². The summed E-state index contributed by atoms with van der Waals surface area (Å²) in [7, 11) is 0. The molecule has 146 valence electrons. The van der Waals surface area contributed by atoms with Crippen LogP contribution in [-0.2, 0) is 9.59 Å². The maximum Gasteiger partial charge on any atom is 0.223 e. The van der Waals surface area contributed by atoms with Gasteiger partial charge in [-0.1, -0.05) is 59.7 Å². The first kappa shape index (κ1) is 22.2. The molecule has 1 aromatic carbocycles. The SMILES string of the molecule is CCC(CC)C(=O)NCCN(C(C)=O)c1c(C(C)C)cccc1C(C)C. The van der Waals surface area contributed by atoms with Crippen LogP contribution in [0.4, 0.5) is 5.69 Å². The van der Waals surface area contributed by atoms with Crippen LogP contribution in [-0.4, -0.2) is 24.9 Å². The van der Waals surface area contributed by atoms with Crippen molar-refractivity contribution >= 4 is 17.5 Å². The van der Waals surface area contributed by atoms with Gasteiger partial charge in [-0.3, -0.25) is 9.59 Å². The lowest BCUT2D eigenvalue weighted by molar-refractivity contribution is -0.125. The average Bonchev–Trinajstić information content (AvgIpc) is 2.58. The van der Waals surface area contributed by atoms with Gasteiger partial charge in [-0.15, -0.1) is 0 Å².